The number of carbonyl (C=O) groups is 2. The number of rotatable bonds is 6. The highest BCUT2D eigenvalue weighted by Crippen LogP contribution is 2.73. The number of hydrogen-bond acceptors (Lipinski definition) is 5. The minimum Gasteiger partial charge on any atom is -0.493 e. The van der Waals surface area contributed by atoms with Gasteiger partial charge in [0.05, 0.1) is 25.2 Å². The SMILES string of the molecule is COc1cc(/C=N\N2C(=O)[C@@H]3[C@@H](C2=O)[C@H]2C=C[C@H]3C23CC3)ccc1OCc1ccccc1. The highest BCUT2D eigenvalue weighted by atomic mass is 16.5. The van der Waals surface area contributed by atoms with Gasteiger partial charge in [-0.3, -0.25) is 9.59 Å². The molecule has 6 nitrogen and oxygen atoms in total. The van der Waals surface area contributed by atoms with Gasteiger partial charge in [0, 0.05) is 0 Å². The topological polar surface area (TPSA) is 68.2 Å². The molecule has 1 saturated heterocycles. The molecule has 0 N–H and O–H groups in total. The van der Waals surface area contributed by atoms with Gasteiger partial charge in [0.25, 0.3) is 11.8 Å². The third kappa shape index (κ3) is 2.75. The summed E-state index contributed by atoms with van der Waals surface area (Å²) in [6, 6.07) is 15.3. The molecule has 6 heteroatoms. The maximum atomic E-state index is 13.0. The summed E-state index contributed by atoms with van der Waals surface area (Å²) < 4.78 is 11.4. The molecule has 1 aliphatic heterocycles. The number of nitrogens with zero attached hydrogens (tertiary/aromatic N) is 2. The first-order valence-corrected chi connectivity index (χ1v) is 11.1. The number of fused-ring (bicyclic) bond motifs is 3. The van der Waals surface area contributed by atoms with E-state index in [9.17, 15) is 9.59 Å². The Morgan fingerprint density at radius 3 is 2.31 bits per heavy atom. The molecule has 0 aromatic heterocycles. The van der Waals surface area contributed by atoms with Crippen molar-refractivity contribution in [3.05, 3.63) is 71.8 Å². The molecule has 4 aliphatic rings. The molecule has 4 atom stereocenters. The van der Waals surface area contributed by atoms with Gasteiger partial charge in [-0.15, -0.1) is 0 Å². The van der Waals surface area contributed by atoms with Gasteiger partial charge in [0.15, 0.2) is 11.5 Å². The van der Waals surface area contributed by atoms with Crippen molar-refractivity contribution in [2.45, 2.75) is 19.4 Å². The third-order valence-corrected chi connectivity index (χ3v) is 7.58. The van der Waals surface area contributed by atoms with E-state index >= 15 is 0 Å². The van der Waals surface area contributed by atoms with Crippen LogP contribution in [0, 0.1) is 29.1 Å². The number of amides is 2. The van der Waals surface area contributed by atoms with E-state index in [0.29, 0.717) is 18.1 Å². The second-order valence-corrected chi connectivity index (χ2v) is 9.14. The van der Waals surface area contributed by atoms with Crippen LogP contribution in [0.1, 0.15) is 24.0 Å². The highest BCUT2D eigenvalue weighted by molar-refractivity contribution is 6.07. The van der Waals surface area contributed by atoms with Crippen molar-refractivity contribution in [2.75, 3.05) is 7.11 Å². The van der Waals surface area contributed by atoms with Crippen molar-refractivity contribution in [2.24, 2.45) is 34.2 Å². The normalized spacial score (nSPS) is 28.7. The summed E-state index contributed by atoms with van der Waals surface area (Å²) in [5, 5.41) is 5.37. The first-order valence-electron chi connectivity index (χ1n) is 11.1. The molecule has 2 bridgehead atoms. The molecule has 2 amide bonds. The molecule has 2 saturated carbocycles. The number of methoxy groups -OCH3 is 1. The molecule has 1 heterocycles. The second kappa shape index (κ2) is 7.05. The predicted molar refractivity (Wildman–Crippen MR) is 118 cm³/mol. The van der Waals surface area contributed by atoms with Crippen LogP contribution in [0.2, 0.25) is 0 Å². The Kier molecular flexibility index (Phi) is 4.25. The van der Waals surface area contributed by atoms with Crippen molar-refractivity contribution < 1.29 is 19.1 Å². The average molecular weight is 428 g/mol. The van der Waals surface area contributed by atoms with Crippen LogP contribution in [0.3, 0.4) is 0 Å². The number of hydrogen-bond donors (Lipinski definition) is 0. The van der Waals surface area contributed by atoms with E-state index in [1.165, 1.54) is 0 Å². The van der Waals surface area contributed by atoms with Gasteiger partial charge in [0.2, 0.25) is 0 Å². The van der Waals surface area contributed by atoms with Crippen LogP contribution in [-0.2, 0) is 16.2 Å². The predicted octanol–water partition coefficient (Wildman–Crippen LogP) is 3.81. The summed E-state index contributed by atoms with van der Waals surface area (Å²) >= 11 is 0. The molecular weight excluding hydrogens is 404 g/mol. The zero-order valence-corrected chi connectivity index (χ0v) is 17.8. The number of carbonyl (C=O) groups excluding carboxylic acids is 2. The fraction of sp³-hybridized carbons (Fsp3) is 0.346. The lowest BCUT2D eigenvalue weighted by atomic mass is 9.85. The van der Waals surface area contributed by atoms with Gasteiger partial charge in [-0.25, -0.2) is 0 Å². The van der Waals surface area contributed by atoms with Crippen molar-refractivity contribution in [1.82, 2.24) is 5.01 Å². The van der Waals surface area contributed by atoms with Gasteiger partial charge in [-0.2, -0.15) is 10.1 Å². The molecule has 1 spiro atoms. The van der Waals surface area contributed by atoms with Crippen molar-refractivity contribution in [1.29, 1.82) is 0 Å². The monoisotopic (exact) mass is 428 g/mol. The molecule has 0 unspecified atom stereocenters. The Morgan fingerprint density at radius 2 is 1.69 bits per heavy atom. The van der Waals surface area contributed by atoms with Crippen LogP contribution < -0.4 is 9.47 Å². The Hall–Kier alpha value is -3.41. The molecule has 3 aliphatic carbocycles. The Balaban J connectivity index is 1.18. The first-order chi connectivity index (χ1) is 15.6. The summed E-state index contributed by atoms with van der Waals surface area (Å²) in [5.74, 6) is 0.808. The molecule has 3 fully saturated rings. The van der Waals surface area contributed by atoms with Crippen LogP contribution in [0.5, 0.6) is 11.5 Å². The average Bonchev–Trinajstić information content (AvgIpc) is 3.43. The van der Waals surface area contributed by atoms with E-state index in [2.05, 4.69) is 17.3 Å². The third-order valence-electron chi connectivity index (χ3n) is 7.58. The zero-order valence-electron chi connectivity index (χ0n) is 17.8. The van der Waals surface area contributed by atoms with Crippen LogP contribution in [0.4, 0.5) is 0 Å². The maximum absolute atomic E-state index is 13.0. The van der Waals surface area contributed by atoms with Gasteiger partial charge in [-0.05, 0) is 59.4 Å². The largest absolute Gasteiger partial charge is 0.493 e. The van der Waals surface area contributed by atoms with Crippen LogP contribution >= 0.6 is 0 Å². The number of allylic oxidation sites excluding steroid dienone is 2. The molecule has 2 aromatic rings. The van der Waals surface area contributed by atoms with E-state index in [4.69, 9.17) is 9.47 Å². The Bertz CT molecular complexity index is 1120. The van der Waals surface area contributed by atoms with Gasteiger partial charge >= 0.3 is 0 Å². The van der Waals surface area contributed by atoms with Crippen molar-refractivity contribution in [3.63, 3.8) is 0 Å². The molecule has 6 rings (SSSR count). The summed E-state index contributed by atoms with van der Waals surface area (Å²) in [7, 11) is 1.58. The lowest BCUT2D eigenvalue weighted by molar-refractivity contribution is -0.141. The lowest BCUT2D eigenvalue weighted by Gasteiger charge is -2.18. The van der Waals surface area contributed by atoms with Crippen LogP contribution in [0.15, 0.2) is 65.8 Å². The van der Waals surface area contributed by atoms with Gasteiger partial charge in [-0.1, -0.05) is 42.5 Å². The minimum absolute atomic E-state index is 0.158. The second-order valence-electron chi connectivity index (χ2n) is 9.14. The number of hydrazone groups is 1. The summed E-state index contributed by atoms with van der Waals surface area (Å²) in [6.07, 6.45) is 8.13. The fourth-order valence-electron chi connectivity index (χ4n) is 5.92. The quantitative estimate of drug-likeness (QED) is 0.399. The Labute approximate surface area is 186 Å². The number of ether oxygens (including phenoxy) is 2. The number of imide groups is 1. The Morgan fingerprint density at radius 1 is 1.00 bits per heavy atom. The molecule has 162 valence electrons. The van der Waals surface area contributed by atoms with Crippen LogP contribution in [0.25, 0.3) is 0 Å². The van der Waals surface area contributed by atoms with E-state index < -0.39 is 0 Å². The minimum atomic E-state index is -0.236. The van der Waals surface area contributed by atoms with Crippen molar-refractivity contribution >= 4 is 18.0 Å². The fourth-order valence-corrected chi connectivity index (χ4v) is 5.92. The maximum Gasteiger partial charge on any atom is 0.254 e. The molecule has 0 radical (unpaired) electrons. The summed E-state index contributed by atoms with van der Waals surface area (Å²) in [4.78, 5) is 26.1. The van der Waals surface area contributed by atoms with Gasteiger partial charge < -0.3 is 9.47 Å². The standard InChI is InChI=1S/C26H24N2O4/c1-31-21-13-17(7-10-20(21)32-15-16-5-3-2-4-6-16)14-27-28-24(29)22-18-8-9-19(23(22)25(28)30)26(18)11-12-26/h2-10,13-14,18-19,22-23H,11-12,15H2,1H3/b27-14-/t18-,19-,22+,23+/m1/s1. The van der Waals surface area contributed by atoms with E-state index in [1.54, 1.807) is 19.4 Å². The molecular formula is C26H24N2O4. The molecule has 2 aromatic carbocycles. The smallest absolute Gasteiger partial charge is 0.254 e. The summed E-state index contributed by atoms with van der Waals surface area (Å²) in [6.45, 7) is 0.433. The van der Waals surface area contributed by atoms with Crippen LogP contribution in [-0.4, -0.2) is 30.1 Å². The van der Waals surface area contributed by atoms with E-state index in [-0.39, 0.29) is 40.9 Å². The lowest BCUT2D eigenvalue weighted by Crippen LogP contribution is -2.30. The summed E-state index contributed by atoms with van der Waals surface area (Å²) in [5.41, 5.74) is 1.99. The first kappa shape index (κ1) is 19.3. The highest BCUT2D eigenvalue weighted by Gasteiger charge is 2.73. The number of benzene rings is 2. The van der Waals surface area contributed by atoms with E-state index in [0.717, 1.165) is 29.0 Å². The van der Waals surface area contributed by atoms with E-state index in [1.807, 2.05) is 42.5 Å². The zero-order chi connectivity index (χ0) is 21.9. The van der Waals surface area contributed by atoms with Gasteiger partial charge in [0.1, 0.15) is 6.61 Å². The molecule has 32 heavy (non-hydrogen) atoms. The van der Waals surface area contributed by atoms with Crippen molar-refractivity contribution in [3.8, 4) is 11.5 Å².